The predicted molar refractivity (Wildman–Crippen MR) is 73.6 cm³/mol. The molecule has 1 aliphatic carbocycles. The molecular formula is C15H22FN3. The van der Waals surface area contributed by atoms with Crippen LogP contribution in [0.4, 0.5) is 4.39 Å². The second-order valence-electron chi connectivity index (χ2n) is 5.68. The average Bonchev–Trinajstić information content (AvgIpc) is 2.87. The van der Waals surface area contributed by atoms with Gasteiger partial charge in [-0.05, 0) is 37.0 Å². The van der Waals surface area contributed by atoms with E-state index in [1.165, 1.54) is 5.56 Å². The van der Waals surface area contributed by atoms with Gasteiger partial charge >= 0.3 is 0 Å². The number of hydrogen-bond donors (Lipinski definition) is 0. The molecule has 3 nitrogen and oxygen atoms in total. The molecule has 1 saturated heterocycles. The highest BCUT2D eigenvalue weighted by Gasteiger charge is 2.33. The molecule has 104 valence electrons. The van der Waals surface area contributed by atoms with Crippen LogP contribution in [0.5, 0.6) is 0 Å². The Bertz CT molecular complexity index is 390. The number of nitrogens with zero attached hydrogens (tertiary/aromatic N) is 3. The lowest BCUT2D eigenvalue weighted by atomic mass is 10.1. The Morgan fingerprint density at radius 3 is 2.47 bits per heavy atom. The van der Waals surface area contributed by atoms with E-state index in [-0.39, 0.29) is 6.04 Å². The summed E-state index contributed by atoms with van der Waals surface area (Å²) < 4.78 is 13.8. The fourth-order valence-electron chi connectivity index (χ4n) is 3.31. The largest absolute Gasteiger partial charge is 0.297 e. The van der Waals surface area contributed by atoms with Gasteiger partial charge in [-0.2, -0.15) is 0 Å². The van der Waals surface area contributed by atoms with Crippen LogP contribution in [0.15, 0.2) is 24.5 Å². The fraction of sp³-hybridized carbons (Fsp3) is 0.667. The monoisotopic (exact) mass is 263 g/mol. The highest BCUT2D eigenvalue weighted by atomic mass is 19.1. The summed E-state index contributed by atoms with van der Waals surface area (Å²) in [6.07, 6.45) is 5.97. The zero-order valence-electron chi connectivity index (χ0n) is 11.3. The van der Waals surface area contributed by atoms with E-state index in [1.54, 1.807) is 0 Å². The zero-order valence-corrected chi connectivity index (χ0v) is 11.3. The average molecular weight is 263 g/mol. The van der Waals surface area contributed by atoms with Crippen LogP contribution in [0.3, 0.4) is 0 Å². The Morgan fingerprint density at radius 1 is 1.11 bits per heavy atom. The first-order valence-electron chi connectivity index (χ1n) is 7.32. The van der Waals surface area contributed by atoms with Crippen molar-refractivity contribution in [3.63, 3.8) is 0 Å². The Labute approximate surface area is 114 Å². The molecule has 2 unspecified atom stereocenters. The summed E-state index contributed by atoms with van der Waals surface area (Å²) in [5.41, 5.74) is 1.31. The van der Waals surface area contributed by atoms with E-state index < -0.39 is 6.17 Å². The summed E-state index contributed by atoms with van der Waals surface area (Å²) in [6, 6.07) is 4.34. The van der Waals surface area contributed by atoms with Crippen LogP contribution >= 0.6 is 0 Å². The molecule has 1 aromatic rings. The molecule has 4 heteroatoms. The van der Waals surface area contributed by atoms with Gasteiger partial charge in [0.1, 0.15) is 6.17 Å². The van der Waals surface area contributed by atoms with Gasteiger partial charge in [-0.1, -0.05) is 0 Å². The van der Waals surface area contributed by atoms with Crippen molar-refractivity contribution in [2.45, 2.75) is 38.0 Å². The van der Waals surface area contributed by atoms with Crippen molar-refractivity contribution in [2.75, 3.05) is 26.2 Å². The molecule has 1 aliphatic heterocycles. The van der Waals surface area contributed by atoms with Crippen LogP contribution < -0.4 is 0 Å². The van der Waals surface area contributed by atoms with Gasteiger partial charge in [0.05, 0.1) is 0 Å². The van der Waals surface area contributed by atoms with Crippen molar-refractivity contribution in [2.24, 2.45) is 0 Å². The number of alkyl halides is 1. The molecule has 0 aromatic carbocycles. The van der Waals surface area contributed by atoms with Gasteiger partial charge in [-0.15, -0.1) is 0 Å². The van der Waals surface area contributed by atoms with E-state index in [2.05, 4.69) is 26.9 Å². The smallest absolute Gasteiger partial charge is 0.116 e. The molecule has 2 aliphatic rings. The van der Waals surface area contributed by atoms with E-state index in [4.69, 9.17) is 0 Å². The Morgan fingerprint density at radius 2 is 1.84 bits per heavy atom. The molecule has 0 radical (unpaired) electrons. The van der Waals surface area contributed by atoms with E-state index >= 15 is 0 Å². The van der Waals surface area contributed by atoms with Crippen LogP contribution in [0.1, 0.15) is 24.8 Å². The highest BCUT2D eigenvalue weighted by molar-refractivity contribution is 5.09. The molecule has 2 atom stereocenters. The summed E-state index contributed by atoms with van der Waals surface area (Å²) in [4.78, 5) is 8.86. The first kappa shape index (κ1) is 13.0. The first-order chi connectivity index (χ1) is 9.33. The number of rotatable bonds is 3. The molecule has 2 fully saturated rings. The summed E-state index contributed by atoms with van der Waals surface area (Å²) >= 11 is 0. The highest BCUT2D eigenvalue weighted by Crippen LogP contribution is 2.27. The number of hydrogen-bond acceptors (Lipinski definition) is 3. The molecule has 0 bridgehead atoms. The lowest BCUT2D eigenvalue weighted by Gasteiger charge is -2.38. The van der Waals surface area contributed by atoms with Crippen LogP contribution in [0.25, 0.3) is 0 Å². The normalized spacial score (nSPS) is 29.7. The topological polar surface area (TPSA) is 19.4 Å². The quantitative estimate of drug-likeness (QED) is 0.832. The number of aromatic nitrogens is 1. The van der Waals surface area contributed by atoms with Crippen molar-refractivity contribution in [3.05, 3.63) is 30.1 Å². The maximum absolute atomic E-state index is 13.8. The van der Waals surface area contributed by atoms with Gasteiger partial charge < -0.3 is 0 Å². The van der Waals surface area contributed by atoms with Gasteiger partial charge in [0.15, 0.2) is 0 Å². The molecule has 0 spiro atoms. The Balaban J connectivity index is 1.49. The Kier molecular flexibility index (Phi) is 4.09. The fourth-order valence-corrected chi connectivity index (χ4v) is 3.31. The second kappa shape index (κ2) is 5.97. The molecule has 1 aromatic heterocycles. The summed E-state index contributed by atoms with van der Waals surface area (Å²) in [5, 5.41) is 0. The van der Waals surface area contributed by atoms with Gasteiger partial charge in [-0.25, -0.2) is 4.39 Å². The van der Waals surface area contributed by atoms with Crippen LogP contribution in [-0.2, 0) is 6.54 Å². The molecular weight excluding hydrogens is 241 g/mol. The molecule has 2 heterocycles. The van der Waals surface area contributed by atoms with E-state index in [1.807, 2.05) is 12.4 Å². The van der Waals surface area contributed by atoms with Crippen molar-refractivity contribution >= 4 is 0 Å². The SMILES string of the molecule is FC1CCCC1N1CCN(Cc2ccncc2)CC1. The lowest BCUT2D eigenvalue weighted by Crippen LogP contribution is -2.51. The number of halogens is 1. The van der Waals surface area contributed by atoms with Crippen molar-refractivity contribution in [1.29, 1.82) is 0 Å². The maximum atomic E-state index is 13.8. The molecule has 19 heavy (non-hydrogen) atoms. The first-order valence-corrected chi connectivity index (χ1v) is 7.32. The van der Waals surface area contributed by atoms with E-state index in [0.29, 0.717) is 0 Å². The second-order valence-corrected chi connectivity index (χ2v) is 5.68. The third kappa shape index (κ3) is 3.12. The molecule has 0 amide bonds. The number of pyridine rings is 1. The zero-order chi connectivity index (χ0) is 13.1. The summed E-state index contributed by atoms with van der Waals surface area (Å²) in [5.74, 6) is 0. The Hall–Kier alpha value is -1.00. The lowest BCUT2D eigenvalue weighted by molar-refractivity contribution is 0.0650. The van der Waals surface area contributed by atoms with E-state index in [0.717, 1.165) is 52.0 Å². The molecule has 0 N–H and O–H groups in total. The van der Waals surface area contributed by atoms with Crippen LogP contribution in [0.2, 0.25) is 0 Å². The third-order valence-corrected chi connectivity index (χ3v) is 4.43. The third-order valence-electron chi connectivity index (χ3n) is 4.43. The van der Waals surface area contributed by atoms with Gasteiger partial charge in [0.2, 0.25) is 0 Å². The minimum atomic E-state index is -0.591. The van der Waals surface area contributed by atoms with Gasteiger partial charge in [0, 0.05) is 51.2 Å². The van der Waals surface area contributed by atoms with Crippen molar-refractivity contribution in [3.8, 4) is 0 Å². The molecule has 1 saturated carbocycles. The van der Waals surface area contributed by atoms with Gasteiger partial charge in [0.25, 0.3) is 0 Å². The standard InChI is InChI=1S/C15H22FN3/c16-14-2-1-3-15(14)19-10-8-18(9-11-19)12-13-4-6-17-7-5-13/h4-7,14-15H,1-3,8-12H2. The molecule has 3 rings (SSSR count). The minimum absolute atomic E-state index is 0.197. The summed E-state index contributed by atoms with van der Waals surface area (Å²) in [6.45, 7) is 5.10. The van der Waals surface area contributed by atoms with Crippen LogP contribution in [0, 0.1) is 0 Å². The maximum Gasteiger partial charge on any atom is 0.116 e. The number of piperazine rings is 1. The minimum Gasteiger partial charge on any atom is -0.297 e. The van der Waals surface area contributed by atoms with Crippen molar-refractivity contribution < 1.29 is 4.39 Å². The predicted octanol–water partition coefficient (Wildman–Crippen LogP) is 2.09. The van der Waals surface area contributed by atoms with Crippen molar-refractivity contribution in [1.82, 2.24) is 14.8 Å². The van der Waals surface area contributed by atoms with Crippen LogP contribution in [-0.4, -0.2) is 53.2 Å². The summed E-state index contributed by atoms with van der Waals surface area (Å²) in [7, 11) is 0. The van der Waals surface area contributed by atoms with Gasteiger partial charge in [-0.3, -0.25) is 14.8 Å². The van der Waals surface area contributed by atoms with E-state index in [9.17, 15) is 4.39 Å².